The Morgan fingerprint density at radius 2 is 1.58 bits per heavy atom. The van der Waals surface area contributed by atoms with Crippen LogP contribution >= 0.6 is 0 Å². The van der Waals surface area contributed by atoms with Crippen molar-refractivity contribution in [1.82, 2.24) is 9.80 Å². The fraction of sp³-hybridized carbons (Fsp3) is 0.538. The first-order chi connectivity index (χ1) is 8.95. The van der Waals surface area contributed by atoms with Gasteiger partial charge in [-0.05, 0) is 24.1 Å². The van der Waals surface area contributed by atoms with Crippen molar-refractivity contribution < 1.29 is 13.2 Å². The normalized spacial score (nSPS) is 18.7. The maximum Gasteiger partial charge on any atom is 0.460 e. The lowest BCUT2D eigenvalue weighted by atomic mass is 10.1. The first-order valence-corrected chi connectivity index (χ1v) is 6.34. The average Bonchev–Trinajstić information content (AvgIpc) is 2.37. The number of nitrogen functional groups attached to an aromatic ring is 1. The maximum absolute atomic E-state index is 12.5. The molecule has 0 radical (unpaired) electrons. The van der Waals surface area contributed by atoms with Crippen LogP contribution in [0.5, 0.6) is 0 Å². The molecular formula is C13H18F3N3. The van der Waals surface area contributed by atoms with E-state index in [1.807, 2.05) is 24.3 Å². The van der Waals surface area contributed by atoms with Gasteiger partial charge >= 0.3 is 6.30 Å². The predicted molar refractivity (Wildman–Crippen MR) is 68.6 cm³/mol. The molecule has 0 bridgehead atoms. The van der Waals surface area contributed by atoms with Gasteiger partial charge in [-0.15, -0.1) is 0 Å². The molecule has 0 saturated carbocycles. The van der Waals surface area contributed by atoms with Crippen molar-refractivity contribution in [2.24, 2.45) is 0 Å². The molecule has 2 rings (SSSR count). The Morgan fingerprint density at radius 1 is 1.00 bits per heavy atom. The highest BCUT2D eigenvalue weighted by molar-refractivity contribution is 5.39. The van der Waals surface area contributed by atoms with Crippen molar-refractivity contribution >= 4 is 5.69 Å². The third kappa shape index (κ3) is 4.11. The van der Waals surface area contributed by atoms with Crippen LogP contribution in [-0.4, -0.2) is 48.8 Å². The molecule has 2 N–H and O–H groups in total. The van der Waals surface area contributed by atoms with Crippen molar-refractivity contribution in [3.8, 4) is 0 Å². The molecule has 19 heavy (non-hydrogen) atoms. The highest BCUT2D eigenvalue weighted by Gasteiger charge is 2.38. The van der Waals surface area contributed by atoms with Gasteiger partial charge in [-0.25, -0.2) is 4.90 Å². The van der Waals surface area contributed by atoms with E-state index in [0.29, 0.717) is 18.0 Å². The number of anilines is 1. The molecule has 1 fully saturated rings. The Hall–Kier alpha value is -1.27. The molecule has 0 aromatic heterocycles. The largest absolute Gasteiger partial charge is 0.460 e. The van der Waals surface area contributed by atoms with Gasteiger partial charge in [-0.2, -0.15) is 13.2 Å². The quantitative estimate of drug-likeness (QED) is 0.675. The van der Waals surface area contributed by atoms with Crippen molar-refractivity contribution in [2.75, 3.05) is 38.5 Å². The van der Waals surface area contributed by atoms with E-state index in [1.54, 1.807) is 0 Å². The smallest absolute Gasteiger partial charge is 0.399 e. The van der Waals surface area contributed by atoms with E-state index in [0.717, 1.165) is 24.2 Å². The van der Waals surface area contributed by atoms with E-state index in [4.69, 9.17) is 5.73 Å². The molecule has 1 aromatic carbocycles. The summed E-state index contributed by atoms with van der Waals surface area (Å²) < 4.78 is 37.4. The van der Waals surface area contributed by atoms with Crippen LogP contribution in [-0.2, 0) is 6.42 Å². The van der Waals surface area contributed by atoms with Crippen molar-refractivity contribution in [3.05, 3.63) is 29.8 Å². The number of alkyl halides is 3. The Balaban J connectivity index is 1.75. The molecule has 3 nitrogen and oxygen atoms in total. The molecule has 1 heterocycles. The van der Waals surface area contributed by atoms with Crippen molar-refractivity contribution in [2.45, 2.75) is 12.7 Å². The molecule has 0 spiro atoms. The van der Waals surface area contributed by atoms with Crippen LogP contribution in [0.25, 0.3) is 0 Å². The first kappa shape index (κ1) is 14.1. The SMILES string of the molecule is Nc1ccc(CCN2CCN(C(F)(F)F)CC2)cc1. The first-order valence-electron chi connectivity index (χ1n) is 6.34. The molecule has 1 aliphatic heterocycles. The minimum Gasteiger partial charge on any atom is -0.399 e. The van der Waals surface area contributed by atoms with Gasteiger partial charge < -0.3 is 10.6 Å². The lowest BCUT2D eigenvalue weighted by Crippen LogP contribution is -2.52. The maximum atomic E-state index is 12.5. The summed E-state index contributed by atoms with van der Waals surface area (Å²) in [5.41, 5.74) is 7.48. The van der Waals surface area contributed by atoms with E-state index in [9.17, 15) is 13.2 Å². The number of rotatable bonds is 3. The zero-order chi connectivity index (χ0) is 13.9. The number of piperazine rings is 1. The predicted octanol–water partition coefficient (Wildman–Crippen LogP) is 1.95. The summed E-state index contributed by atoms with van der Waals surface area (Å²) in [6.07, 6.45) is -3.35. The van der Waals surface area contributed by atoms with Crippen LogP contribution < -0.4 is 5.73 Å². The highest BCUT2D eigenvalue weighted by atomic mass is 19.4. The minimum absolute atomic E-state index is 0.0608. The Bertz CT molecular complexity index is 395. The van der Waals surface area contributed by atoms with Crippen LogP contribution in [0, 0.1) is 0 Å². The second-order valence-electron chi connectivity index (χ2n) is 4.79. The van der Waals surface area contributed by atoms with Gasteiger partial charge in [0.15, 0.2) is 0 Å². The van der Waals surface area contributed by atoms with E-state index in [1.165, 1.54) is 0 Å². The summed E-state index contributed by atoms with van der Waals surface area (Å²) in [6, 6.07) is 7.61. The topological polar surface area (TPSA) is 32.5 Å². The number of nitrogens with zero attached hydrogens (tertiary/aromatic N) is 2. The van der Waals surface area contributed by atoms with Crippen molar-refractivity contribution in [3.63, 3.8) is 0 Å². The van der Waals surface area contributed by atoms with Crippen LogP contribution in [0.4, 0.5) is 18.9 Å². The third-order valence-electron chi connectivity index (χ3n) is 3.43. The molecule has 1 saturated heterocycles. The van der Waals surface area contributed by atoms with Crippen molar-refractivity contribution in [1.29, 1.82) is 0 Å². The zero-order valence-corrected chi connectivity index (χ0v) is 10.7. The van der Waals surface area contributed by atoms with Crippen LogP contribution in [0.3, 0.4) is 0 Å². The van der Waals surface area contributed by atoms with Gasteiger partial charge in [0.2, 0.25) is 0 Å². The highest BCUT2D eigenvalue weighted by Crippen LogP contribution is 2.22. The molecule has 1 aliphatic rings. The third-order valence-corrected chi connectivity index (χ3v) is 3.43. The van der Waals surface area contributed by atoms with Gasteiger partial charge in [0.1, 0.15) is 0 Å². The van der Waals surface area contributed by atoms with Crippen LogP contribution in [0.15, 0.2) is 24.3 Å². The summed E-state index contributed by atoms with van der Waals surface area (Å²) in [5.74, 6) is 0. The summed E-state index contributed by atoms with van der Waals surface area (Å²) in [7, 11) is 0. The summed E-state index contributed by atoms with van der Waals surface area (Å²) in [4.78, 5) is 2.64. The zero-order valence-electron chi connectivity index (χ0n) is 10.7. The fourth-order valence-electron chi connectivity index (χ4n) is 2.20. The molecule has 0 unspecified atom stereocenters. The van der Waals surface area contributed by atoms with E-state index >= 15 is 0 Å². The molecule has 0 aliphatic carbocycles. The Kier molecular flexibility index (Phi) is 4.31. The van der Waals surface area contributed by atoms with E-state index in [-0.39, 0.29) is 13.1 Å². The summed E-state index contributed by atoms with van der Waals surface area (Å²) in [5, 5.41) is 0. The minimum atomic E-state index is -4.19. The van der Waals surface area contributed by atoms with Gasteiger partial charge in [0, 0.05) is 38.4 Å². The second-order valence-corrected chi connectivity index (χ2v) is 4.79. The number of nitrogens with two attached hydrogens (primary N) is 1. The lowest BCUT2D eigenvalue weighted by Gasteiger charge is -2.35. The average molecular weight is 273 g/mol. The molecule has 6 heteroatoms. The van der Waals surface area contributed by atoms with Crippen LogP contribution in [0.2, 0.25) is 0 Å². The molecular weight excluding hydrogens is 255 g/mol. The van der Waals surface area contributed by atoms with E-state index < -0.39 is 6.30 Å². The van der Waals surface area contributed by atoms with Gasteiger partial charge in [0.05, 0.1) is 0 Å². The molecule has 0 atom stereocenters. The molecule has 0 amide bonds. The summed E-state index contributed by atoms with van der Waals surface area (Å²) >= 11 is 0. The summed E-state index contributed by atoms with van der Waals surface area (Å²) in [6.45, 7) is 1.84. The monoisotopic (exact) mass is 273 g/mol. The standard InChI is InChI=1S/C13H18F3N3/c14-13(15,16)19-9-7-18(8-10-19)6-5-11-1-3-12(17)4-2-11/h1-4H,5-10,17H2. The van der Waals surface area contributed by atoms with Gasteiger partial charge in [-0.3, -0.25) is 0 Å². The molecule has 1 aromatic rings. The van der Waals surface area contributed by atoms with Gasteiger partial charge in [-0.1, -0.05) is 12.1 Å². The van der Waals surface area contributed by atoms with Crippen LogP contribution in [0.1, 0.15) is 5.56 Å². The second kappa shape index (κ2) is 5.79. The Labute approximate surface area is 110 Å². The van der Waals surface area contributed by atoms with E-state index in [2.05, 4.69) is 4.90 Å². The number of hydrogen-bond acceptors (Lipinski definition) is 3. The lowest BCUT2D eigenvalue weighted by molar-refractivity contribution is -0.252. The molecule has 106 valence electrons. The number of halogens is 3. The number of benzene rings is 1. The Morgan fingerprint density at radius 3 is 2.11 bits per heavy atom. The fourth-order valence-corrected chi connectivity index (χ4v) is 2.20. The van der Waals surface area contributed by atoms with Gasteiger partial charge in [0.25, 0.3) is 0 Å². The number of hydrogen-bond donors (Lipinski definition) is 1.